The minimum absolute atomic E-state index is 0.240. The SMILES string of the molecule is CCOC(=O)C(C(C)N)N(C)C(=O)OC(C)(C)C. The van der Waals surface area contributed by atoms with Crippen LogP contribution in [-0.4, -0.2) is 48.3 Å². The molecule has 2 N–H and O–H groups in total. The fraction of sp³-hybridized carbons (Fsp3) is 0.833. The van der Waals surface area contributed by atoms with Gasteiger partial charge in [-0.2, -0.15) is 0 Å². The van der Waals surface area contributed by atoms with Crippen molar-refractivity contribution in [3.05, 3.63) is 0 Å². The van der Waals surface area contributed by atoms with Gasteiger partial charge in [-0.25, -0.2) is 9.59 Å². The van der Waals surface area contributed by atoms with Crippen LogP contribution in [0.5, 0.6) is 0 Å². The van der Waals surface area contributed by atoms with E-state index in [0.717, 1.165) is 0 Å². The van der Waals surface area contributed by atoms with E-state index in [-0.39, 0.29) is 6.61 Å². The zero-order valence-corrected chi connectivity index (χ0v) is 12.0. The predicted molar refractivity (Wildman–Crippen MR) is 68.1 cm³/mol. The molecule has 0 rings (SSSR count). The first-order valence-electron chi connectivity index (χ1n) is 5.98. The van der Waals surface area contributed by atoms with Gasteiger partial charge in [-0.3, -0.25) is 4.90 Å². The Bertz CT molecular complexity index is 297. The Kier molecular flexibility index (Phi) is 6.11. The average molecular weight is 260 g/mol. The van der Waals surface area contributed by atoms with Gasteiger partial charge in [-0.15, -0.1) is 0 Å². The van der Waals surface area contributed by atoms with E-state index in [1.807, 2.05) is 0 Å². The van der Waals surface area contributed by atoms with Gasteiger partial charge < -0.3 is 15.2 Å². The highest BCUT2D eigenvalue weighted by Gasteiger charge is 2.33. The molecule has 0 aliphatic carbocycles. The average Bonchev–Trinajstić information content (AvgIpc) is 2.14. The van der Waals surface area contributed by atoms with Crippen LogP contribution < -0.4 is 5.73 Å². The van der Waals surface area contributed by atoms with Crippen LogP contribution in [-0.2, 0) is 14.3 Å². The summed E-state index contributed by atoms with van der Waals surface area (Å²) in [5.41, 5.74) is 5.10. The molecule has 0 saturated carbocycles. The quantitative estimate of drug-likeness (QED) is 0.766. The second kappa shape index (κ2) is 6.58. The van der Waals surface area contributed by atoms with E-state index in [1.165, 1.54) is 11.9 Å². The van der Waals surface area contributed by atoms with E-state index < -0.39 is 29.7 Å². The summed E-state index contributed by atoms with van der Waals surface area (Å²) in [6.45, 7) is 8.84. The first-order chi connectivity index (χ1) is 8.10. The van der Waals surface area contributed by atoms with Crippen molar-refractivity contribution in [2.75, 3.05) is 13.7 Å². The highest BCUT2D eigenvalue weighted by Crippen LogP contribution is 2.12. The summed E-state index contributed by atoms with van der Waals surface area (Å²) in [6.07, 6.45) is -0.599. The third-order valence-electron chi connectivity index (χ3n) is 2.12. The lowest BCUT2D eigenvalue weighted by Crippen LogP contribution is -2.53. The van der Waals surface area contributed by atoms with E-state index >= 15 is 0 Å². The smallest absolute Gasteiger partial charge is 0.410 e. The minimum atomic E-state index is -0.847. The molecule has 2 atom stereocenters. The lowest BCUT2D eigenvalue weighted by molar-refractivity contribution is -0.149. The number of hydrogen-bond donors (Lipinski definition) is 1. The summed E-state index contributed by atoms with van der Waals surface area (Å²) in [6, 6.07) is -1.39. The van der Waals surface area contributed by atoms with Gasteiger partial charge in [0.25, 0.3) is 0 Å². The van der Waals surface area contributed by atoms with Crippen molar-refractivity contribution in [1.82, 2.24) is 4.90 Å². The number of nitrogens with zero attached hydrogens (tertiary/aromatic N) is 1. The summed E-state index contributed by atoms with van der Waals surface area (Å²) < 4.78 is 10.1. The van der Waals surface area contributed by atoms with Crippen molar-refractivity contribution in [3.8, 4) is 0 Å². The number of esters is 1. The number of carbonyl (C=O) groups is 2. The van der Waals surface area contributed by atoms with Crippen LogP contribution in [0.4, 0.5) is 4.79 Å². The largest absolute Gasteiger partial charge is 0.464 e. The molecule has 0 fully saturated rings. The third kappa shape index (κ3) is 5.35. The van der Waals surface area contributed by atoms with E-state index in [9.17, 15) is 9.59 Å². The Morgan fingerprint density at radius 1 is 1.33 bits per heavy atom. The summed E-state index contributed by atoms with van der Waals surface area (Å²) >= 11 is 0. The van der Waals surface area contributed by atoms with Crippen LogP contribution in [0.15, 0.2) is 0 Å². The number of hydrogen-bond acceptors (Lipinski definition) is 5. The fourth-order valence-corrected chi connectivity index (χ4v) is 1.40. The molecule has 0 saturated heterocycles. The molecule has 0 heterocycles. The standard InChI is InChI=1S/C12H24N2O4/c1-7-17-10(15)9(8(2)13)14(6)11(16)18-12(3,4)5/h8-9H,7,13H2,1-6H3. The lowest BCUT2D eigenvalue weighted by atomic mass is 10.1. The molecule has 0 aromatic heterocycles. The van der Waals surface area contributed by atoms with Crippen molar-refractivity contribution in [1.29, 1.82) is 0 Å². The molecular weight excluding hydrogens is 236 g/mol. The number of nitrogens with two attached hydrogens (primary N) is 1. The molecule has 0 radical (unpaired) electrons. The Hall–Kier alpha value is -1.30. The van der Waals surface area contributed by atoms with E-state index in [4.69, 9.17) is 15.2 Å². The molecule has 1 amide bonds. The van der Waals surface area contributed by atoms with Gasteiger partial charge in [0, 0.05) is 13.1 Å². The molecule has 6 heteroatoms. The van der Waals surface area contributed by atoms with Crippen molar-refractivity contribution < 1.29 is 19.1 Å². The molecule has 0 aliphatic rings. The Balaban J connectivity index is 4.81. The molecule has 0 aromatic rings. The summed E-state index contributed by atoms with van der Waals surface area (Å²) in [7, 11) is 1.47. The van der Waals surface area contributed by atoms with E-state index in [0.29, 0.717) is 0 Å². The minimum Gasteiger partial charge on any atom is -0.464 e. The normalized spacial score (nSPS) is 14.6. The van der Waals surface area contributed by atoms with Gasteiger partial charge in [-0.05, 0) is 34.6 Å². The van der Waals surface area contributed by atoms with Crippen LogP contribution in [0.25, 0.3) is 0 Å². The Morgan fingerprint density at radius 3 is 2.17 bits per heavy atom. The molecule has 0 aromatic carbocycles. The molecule has 0 bridgehead atoms. The lowest BCUT2D eigenvalue weighted by Gasteiger charge is -2.31. The van der Waals surface area contributed by atoms with Gasteiger partial charge in [0.05, 0.1) is 6.61 Å². The molecule has 0 aliphatic heterocycles. The number of amides is 1. The zero-order chi connectivity index (χ0) is 14.5. The molecule has 18 heavy (non-hydrogen) atoms. The summed E-state index contributed by atoms with van der Waals surface area (Å²) in [4.78, 5) is 24.8. The maximum atomic E-state index is 11.9. The number of ether oxygens (including phenoxy) is 2. The maximum Gasteiger partial charge on any atom is 0.410 e. The molecule has 2 unspecified atom stereocenters. The predicted octanol–water partition coefficient (Wildman–Crippen LogP) is 1.13. The van der Waals surface area contributed by atoms with Crippen molar-refractivity contribution in [2.45, 2.75) is 52.3 Å². The first-order valence-corrected chi connectivity index (χ1v) is 5.98. The van der Waals surface area contributed by atoms with Crippen LogP contribution in [0, 0.1) is 0 Å². The second-order valence-electron chi connectivity index (χ2n) is 5.15. The van der Waals surface area contributed by atoms with E-state index in [1.54, 1.807) is 34.6 Å². The van der Waals surface area contributed by atoms with Gasteiger partial charge in [0.15, 0.2) is 0 Å². The molecule has 0 spiro atoms. The van der Waals surface area contributed by atoms with Crippen LogP contribution >= 0.6 is 0 Å². The molecule has 6 nitrogen and oxygen atoms in total. The van der Waals surface area contributed by atoms with Gasteiger partial charge in [0.1, 0.15) is 11.6 Å². The van der Waals surface area contributed by atoms with Crippen LogP contribution in [0.1, 0.15) is 34.6 Å². The van der Waals surface area contributed by atoms with Gasteiger partial charge >= 0.3 is 12.1 Å². The highest BCUT2D eigenvalue weighted by molar-refractivity contribution is 5.82. The van der Waals surface area contributed by atoms with Crippen molar-refractivity contribution in [3.63, 3.8) is 0 Å². The number of carbonyl (C=O) groups excluding carboxylic acids is 2. The van der Waals surface area contributed by atoms with Crippen molar-refractivity contribution >= 4 is 12.1 Å². The summed E-state index contributed by atoms with van der Waals surface area (Å²) in [5.74, 6) is -0.527. The van der Waals surface area contributed by atoms with Gasteiger partial charge in [-0.1, -0.05) is 0 Å². The Labute approximate surface area is 108 Å². The third-order valence-corrected chi connectivity index (χ3v) is 2.12. The van der Waals surface area contributed by atoms with Crippen LogP contribution in [0.2, 0.25) is 0 Å². The fourth-order valence-electron chi connectivity index (χ4n) is 1.40. The molecule has 106 valence electrons. The number of likely N-dealkylation sites (N-methyl/N-ethyl adjacent to an activating group) is 1. The summed E-state index contributed by atoms with van der Waals surface area (Å²) in [5, 5.41) is 0. The van der Waals surface area contributed by atoms with Crippen molar-refractivity contribution in [2.24, 2.45) is 5.73 Å². The monoisotopic (exact) mass is 260 g/mol. The topological polar surface area (TPSA) is 81.9 Å². The van der Waals surface area contributed by atoms with Crippen LogP contribution in [0.3, 0.4) is 0 Å². The second-order valence-corrected chi connectivity index (χ2v) is 5.15. The Morgan fingerprint density at radius 2 is 1.83 bits per heavy atom. The maximum absolute atomic E-state index is 11.9. The van der Waals surface area contributed by atoms with Gasteiger partial charge in [0.2, 0.25) is 0 Å². The number of rotatable bonds is 4. The first kappa shape index (κ1) is 16.7. The highest BCUT2D eigenvalue weighted by atomic mass is 16.6. The van der Waals surface area contributed by atoms with E-state index in [2.05, 4.69) is 0 Å². The molecular formula is C12H24N2O4. The zero-order valence-electron chi connectivity index (χ0n) is 12.0.